The molecule has 170 valence electrons. The predicted octanol–water partition coefficient (Wildman–Crippen LogP) is 3.39. The lowest BCUT2D eigenvalue weighted by molar-refractivity contribution is -0.138. The average molecular weight is 428 g/mol. The Hall–Kier alpha value is -2.37. The second-order valence-corrected chi connectivity index (χ2v) is 8.98. The zero-order valence-corrected chi connectivity index (χ0v) is 19.2. The van der Waals surface area contributed by atoms with Gasteiger partial charge in [0.2, 0.25) is 11.8 Å². The first-order valence-corrected chi connectivity index (χ1v) is 11.9. The maximum atomic E-state index is 13.3. The van der Waals surface area contributed by atoms with Gasteiger partial charge in [0.05, 0.1) is 0 Å². The van der Waals surface area contributed by atoms with E-state index in [0.29, 0.717) is 31.7 Å². The van der Waals surface area contributed by atoms with E-state index >= 15 is 0 Å². The number of hydrogen-bond donors (Lipinski definition) is 1. The normalized spacial score (nSPS) is 18.6. The molecule has 6 nitrogen and oxygen atoms in total. The Morgan fingerprint density at radius 2 is 1.71 bits per heavy atom. The quantitative estimate of drug-likeness (QED) is 0.725. The molecule has 2 fully saturated rings. The van der Waals surface area contributed by atoms with Crippen molar-refractivity contribution in [2.45, 2.75) is 65.3 Å². The Kier molecular flexibility index (Phi) is 8.10. The minimum atomic E-state index is -0.559. The summed E-state index contributed by atoms with van der Waals surface area (Å²) in [5.74, 6) is 0.275. The Balaban J connectivity index is 1.70. The number of amides is 3. The predicted molar refractivity (Wildman–Crippen MR) is 122 cm³/mol. The smallest absolute Gasteiger partial charge is 0.251 e. The number of likely N-dealkylation sites (tertiary alicyclic amines) is 1. The number of carbonyl (C=O) groups is 3. The van der Waals surface area contributed by atoms with E-state index in [1.54, 1.807) is 11.0 Å². The molecule has 31 heavy (non-hydrogen) atoms. The van der Waals surface area contributed by atoms with Crippen LogP contribution in [0.5, 0.6) is 0 Å². The standard InChI is InChI=1S/C25H37N3O3/c1-4-27(5-2)25(31)22(26-23(29)21-12-8-9-18(3)17-21)19-13-15-28(16-14-19)24(30)20-10-6-7-11-20/h8-9,12,17,19-20,22H,4-7,10-11,13-16H2,1-3H3,(H,26,29)/t22-/m0/s1. The minimum absolute atomic E-state index is 0.0217. The van der Waals surface area contributed by atoms with E-state index in [-0.39, 0.29) is 29.6 Å². The van der Waals surface area contributed by atoms with Crippen LogP contribution < -0.4 is 5.32 Å². The summed E-state index contributed by atoms with van der Waals surface area (Å²) in [5.41, 5.74) is 1.59. The van der Waals surface area contributed by atoms with Gasteiger partial charge in [0.1, 0.15) is 6.04 Å². The largest absolute Gasteiger partial charge is 0.342 e. The lowest BCUT2D eigenvalue weighted by Crippen LogP contribution is -2.55. The molecule has 1 aromatic rings. The lowest BCUT2D eigenvalue weighted by Gasteiger charge is -2.38. The van der Waals surface area contributed by atoms with Gasteiger partial charge in [-0.2, -0.15) is 0 Å². The van der Waals surface area contributed by atoms with Crippen LogP contribution in [0.15, 0.2) is 24.3 Å². The molecule has 6 heteroatoms. The van der Waals surface area contributed by atoms with Gasteiger partial charge < -0.3 is 15.1 Å². The van der Waals surface area contributed by atoms with Gasteiger partial charge in [-0.25, -0.2) is 0 Å². The van der Waals surface area contributed by atoms with Crippen LogP contribution in [0, 0.1) is 18.8 Å². The molecule has 0 aromatic heterocycles. The Labute approximate surface area is 186 Å². The number of rotatable bonds is 7. The molecular weight excluding hydrogens is 390 g/mol. The Bertz CT molecular complexity index is 776. The van der Waals surface area contributed by atoms with Crippen LogP contribution in [-0.4, -0.2) is 59.7 Å². The van der Waals surface area contributed by atoms with Gasteiger partial charge in [-0.15, -0.1) is 0 Å². The number of hydrogen-bond acceptors (Lipinski definition) is 3. The lowest BCUT2D eigenvalue weighted by atomic mass is 9.87. The van der Waals surface area contributed by atoms with Gasteiger partial charge in [-0.05, 0) is 64.5 Å². The first-order valence-electron chi connectivity index (χ1n) is 11.9. The zero-order chi connectivity index (χ0) is 22.4. The van der Waals surface area contributed by atoms with Crippen LogP contribution in [-0.2, 0) is 9.59 Å². The number of nitrogens with one attached hydrogen (secondary N) is 1. The highest BCUT2D eigenvalue weighted by atomic mass is 16.2. The van der Waals surface area contributed by atoms with Crippen molar-refractivity contribution in [3.8, 4) is 0 Å². The summed E-state index contributed by atoms with van der Waals surface area (Å²) in [4.78, 5) is 42.8. The molecule has 1 aromatic carbocycles. The monoisotopic (exact) mass is 427 g/mol. The molecule has 0 spiro atoms. The van der Waals surface area contributed by atoms with Crippen molar-refractivity contribution < 1.29 is 14.4 Å². The molecule has 1 saturated heterocycles. The Morgan fingerprint density at radius 3 is 2.29 bits per heavy atom. The van der Waals surface area contributed by atoms with Crippen molar-refractivity contribution >= 4 is 17.7 Å². The maximum Gasteiger partial charge on any atom is 0.251 e. The molecule has 0 radical (unpaired) electrons. The number of piperidine rings is 1. The third-order valence-corrected chi connectivity index (χ3v) is 6.94. The second-order valence-electron chi connectivity index (χ2n) is 8.98. The third kappa shape index (κ3) is 5.66. The van der Waals surface area contributed by atoms with E-state index in [1.807, 2.05) is 43.9 Å². The van der Waals surface area contributed by atoms with E-state index in [1.165, 1.54) is 0 Å². The van der Waals surface area contributed by atoms with Gasteiger partial charge in [0, 0.05) is 37.7 Å². The van der Waals surface area contributed by atoms with Crippen molar-refractivity contribution in [2.75, 3.05) is 26.2 Å². The number of benzene rings is 1. The molecule has 1 N–H and O–H groups in total. The van der Waals surface area contributed by atoms with E-state index in [0.717, 1.165) is 44.1 Å². The average Bonchev–Trinajstić information content (AvgIpc) is 3.32. The van der Waals surface area contributed by atoms with Gasteiger partial charge >= 0.3 is 0 Å². The van der Waals surface area contributed by atoms with E-state index in [4.69, 9.17) is 0 Å². The summed E-state index contributed by atoms with van der Waals surface area (Å²) in [6.07, 6.45) is 5.80. The molecule has 0 unspecified atom stereocenters. The topological polar surface area (TPSA) is 69.7 Å². The maximum absolute atomic E-state index is 13.3. The van der Waals surface area contributed by atoms with E-state index in [9.17, 15) is 14.4 Å². The number of nitrogens with zero attached hydrogens (tertiary/aromatic N) is 2. The van der Waals surface area contributed by atoms with Gasteiger partial charge in [-0.1, -0.05) is 30.5 Å². The van der Waals surface area contributed by atoms with Crippen molar-refractivity contribution in [3.63, 3.8) is 0 Å². The van der Waals surface area contributed by atoms with Crippen LogP contribution in [0.2, 0.25) is 0 Å². The number of carbonyl (C=O) groups excluding carboxylic acids is 3. The summed E-state index contributed by atoms with van der Waals surface area (Å²) in [5, 5.41) is 3.04. The molecule has 1 heterocycles. The van der Waals surface area contributed by atoms with E-state index < -0.39 is 6.04 Å². The fraction of sp³-hybridized carbons (Fsp3) is 0.640. The molecule has 1 saturated carbocycles. The summed E-state index contributed by atoms with van der Waals surface area (Å²) in [6, 6.07) is 6.88. The van der Waals surface area contributed by atoms with Crippen molar-refractivity contribution in [1.82, 2.24) is 15.1 Å². The first-order chi connectivity index (χ1) is 14.9. The molecule has 3 rings (SSSR count). The Morgan fingerprint density at radius 1 is 1.06 bits per heavy atom. The highest BCUT2D eigenvalue weighted by Crippen LogP contribution is 2.29. The molecule has 1 aliphatic heterocycles. The van der Waals surface area contributed by atoms with Gasteiger partial charge in [0.25, 0.3) is 5.91 Å². The van der Waals surface area contributed by atoms with Crippen LogP contribution in [0.25, 0.3) is 0 Å². The summed E-state index contributed by atoms with van der Waals surface area (Å²) >= 11 is 0. The van der Waals surface area contributed by atoms with Crippen molar-refractivity contribution in [3.05, 3.63) is 35.4 Å². The highest BCUT2D eigenvalue weighted by molar-refractivity contribution is 5.97. The molecule has 1 aliphatic carbocycles. The fourth-order valence-corrected chi connectivity index (χ4v) is 5.01. The number of aryl methyl sites for hydroxylation is 1. The molecule has 1 atom stereocenters. The van der Waals surface area contributed by atoms with Gasteiger partial charge in [0.15, 0.2) is 0 Å². The highest BCUT2D eigenvalue weighted by Gasteiger charge is 2.37. The van der Waals surface area contributed by atoms with Crippen LogP contribution in [0.1, 0.15) is 68.3 Å². The van der Waals surface area contributed by atoms with Crippen LogP contribution >= 0.6 is 0 Å². The molecule has 2 aliphatic rings. The molecule has 0 bridgehead atoms. The van der Waals surface area contributed by atoms with Gasteiger partial charge in [-0.3, -0.25) is 14.4 Å². The van der Waals surface area contributed by atoms with Crippen LogP contribution in [0.4, 0.5) is 0 Å². The number of likely N-dealkylation sites (N-methyl/N-ethyl adjacent to an activating group) is 1. The molecule has 3 amide bonds. The summed E-state index contributed by atoms with van der Waals surface area (Å²) in [7, 11) is 0. The van der Waals surface area contributed by atoms with Crippen LogP contribution in [0.3, 0.4) is 0 Å². The third-order valence-electron chi connectivity index (χ3n) is 6.94. The van der Waals surface area contributed by atoms with Crippen molar-refractivity contribution in [1.29, 1.82) is 0 Å². The molecular formula is C25H37N3O3. The fourth-order valence-electron chi connectivity index (χ4n) is 5.01. The zero-order valence-electron chi connectivity index (χ0n) is 19.2. The first kappa shape index (κ1) is 23.3. The van der Waals surface area contributed by atoms with Crippen molar-refractivity contribution in [2.24, 2.45) is 11.8 Å². The summed E-state index contributed by atoms with van der Waals surface area (Å²) in [6.45, 7) is 8.45. The minimum Gasteiger partial charge on any atom is -0.342 e. The summed E-state index contributed by atoms with van der Waals surface area (Å²) < 4.78 is 0. The second kappa shape index (κ2) is 10.8. The SMILES string of the molecule is CCN(CC)C(=O)[C@@H](NC(=O)c1cccc(C)c1)C1CCN(C(=O)C2CCCC2)CC1. The van der Waals surface area contributed by atoms with E-state index in [2.05, 4.69) is 5.32 Å².